The van der Waals surface area contributed by atoms with Gasteiger partial charge in [-0.1, -0.05) is 19.8 Å². The van der Waals surface area contributed by atoms with E-state index in [0.29, 0.717) is 6.04 Å². The number of likely N-dealkylation sites (tertiary alicyclic amines) is 1. The molecule has 2 rings (SSSR count). The second-order valence-electron chi connectivity index (χ2n) is 5.99. The summed E-state index contributed by atoms with van der Waals surface area (Å²) in [6.45, 7) is 9.91. The minimum atomic E-state index is 0.672. The van der Waals surface area contributed by atoms with Crippen molar-refractivity contribution in [1.29, 1.82) is 0 Å². The summed E-state index contributed by atoms with van der Waals surface area (Å²) in [5.41, 5.74) is 0. The van der Waals surface area contributed by atoms with Gasteiger partial charge in [-0.15, -0.1) is 0 Å². The van der Waals surface area contributed by atoms with Gasteiger partial charge in [-0.25, -0.2) is 0 Å². The minimum Gasteiger partial charge on any atom is -0.313 e. The van der Waals surface area contributed by atoms with Gasteiger partial charge in [0.15, 0.2) is 0 Å². The van der Waals surface area contributed by atoms with E-state index in [0.717, 1.165) is 11.8 Å². The van der Waals surface area contributed by atoms with Crippen LogP contribution in [0, 0.1) is 11.8 Å². The van der Waals surface area contributed by atoms with E-state index in [1.165, 1.54) is 58.3 Å². The molecule has 16 heavy (non-hydrogen) atoms. The quantitative estimate of drug-likeness (QED) is 0.772. The van der Waals surface area contributed by atoms with Crippen LogP contribution in [0.3, 0.4) is 0 Å². The third-order valence-corrected chi connectivity index (χ3v) is 4.50. The van der Waals surface area contributed by atoms with E-state index >= 15 is 0 Å². The number of nitrogens with one attached hydrogen (secondary N) is 1. The predicted octanol–water partition coefficient (Wildman–Crippen LogP) is 2.50. The SMILES string of the molecule is CC(CN1CCCC1)NCC1CCCC1C. The largest absolute Gasteiger partial charge is 0.313 e. The first-order valence-electron chi connectivity index (χ1n) is 7.21. The summed E-state index contributed by atoms with van der Waals surface area (Å²) in [7, 11) is 0. The van der Waals surface area contributed by atoms with Crippen molar-refractivity contribution >= 4 is 0 Å². The molecule has 1 saturated carbocycles. The zero-order chi connectivity index (χ0) is 11.4. The molecule has 1 aliphatic carbocycles. The van der Waals surface area contributed by atoms with E-state index in [1.54, 1.807) is 0 Å². The van der Waals surface area contributed by atoms with Gasteiger partial charge in [-0.2, -0.15) is 0 Å². The maximum absolute atomic E-state index is 3.74. The first-order chi connectivity index (χ1) is 7.75. The second kappa shape index (κ2) is 6.02. The summed E-state index contributed by atoms with van der Waals surface area (Å²) < 4.78 is 0. The Morgan fingerprint density at radius 1 is 1.19 bits per heavy atom. The fourth-order valence-corrected chi connectivity index (χ4v) is 3.30. The van der Waals surface area contributed by atoms with Gasteiger partial charge in [0.2, 0.25) is 0 Å². The molecule has 2 fully saturated rings. The van der Waals surface area contributed by atoms with E-state index in [-0.39, 0.29) is 0 Å². The lowest BCUT2D eigenvalue weighted by atomic mass is 9.98. The van der Waals surface area contributed by atoms with Crippen molar-refractivity contribution in [3.63, 3.8) is 0 Å². The topological polar surface area (TPSA) is 15.3 Å². The van der Waals surface area contributed by atoms with Crippen LogP contribution in [0.15, 0.2) is 0 Å². The van der Waals surface area contributed by atoms with Crippen LogP contribution in [0.1, 0.15) is 46.0 Å². The molecule has 0 aromatic carbocycles. The van der Waals surface area contributed by atoms with Gasteiger partial charge >= 0.3 is 0 Å². The lowest BCUT2D eigenvalue weighted by molar-refractivity contribution is 0.283. The highest BCUT2D eigenvalue weighted by Crippen LogP contribution is 2.30. The average Bonchev–Trinajstić information content (AvgIpc) is 2.87. The second-order valence-corrected chi connectivity index (χ2v) is 5.99. The zero-order valence-corrected chi connectivity index (χ0v) is 11.0. The van der Waals surface area contributed by atoms with Crippen LogP contribution in [0.5, 0.6) is 0 Å². The molecule has 1 aliphatic heterocycles. The first-order valence-corrected chi connectivity index (χ1v) is 7.21. The molecular weight excluding hydrogens is 196 g/mol. The van der Waals surface area contributed by atoms with Crippen LogP contribution >= 0.6 is 0 Å². The van der Waals surface area contributed by atoms with Gasteiger partial charge < -0.3 is 10.2 Å². The molecule has 0 aromatic heterocycles. The molecule has 94 valence electrons. The maximum Gasteiger partial charge on any atom is 0.0166 e. The summed E-state index contributed by atoms with van der Waals surface area (Å²) in [5, 5.41) is 3.74. The third kappa shape index (κ3) is 3.46. The van der Waals surface area contributed by atoms with E-state index in [9.17, 15) is 0 Å². The van der Waals surface area contributed by atoms with Crippen LogP contribution in [0.25, 0.3) is 0 Å². The van der Waals surface area contributed by atoms with Crippen molar-refractivity contribution in [3.05, 3.63) is 0 Å². The minimum absolute atomic E-state index is 0.672. The summed E-state index contributed by atoms with van der Waals surface area (Å²) >= 11 is 0. The molecule has 0 amide bonds. The Hall–Kier alpha value is -0.0800. The standard InChI is InChI=1S/C14H28N2/c1-12-6-5-7-14(12)10-15-13(2)11-16-8-3-4-9-16/h12-15H,3-11H2,1-2H3. The lowest BCUT2D eigenvalue weighted by Crippen LogP contribution is -2.40. The summed E-state index contributed by atoms with van der Waals surface area (Å²) in [6, 6.07) is 0.672. The first kappa shape index (κ1) is 12.4. The molecule has 3 atom stereocenters. The molecule has 0 spiro atoms. The number of hydrogen-bond donors (Lipinski definition) is 1. The third-order valence-electron chi connectivity index (χ3n) is 4.50. The molecule has 1 saturated heterocycles. The molecule has 2 nitrogen and oxygen atoms in total. The Morgan fingerprint density at radius 3 is 2.56 bits per heavy atom. The lowest BCUT2D eigenvalue weighted by Gasteiger charge is -2.24. The fourth-order valence-electron chi connectivity index (χ4n) is 3.30. The zero-order valence-electron chi connectivity index (χ0n) is 11.0. The van der Waals surface area contributed by atoms with Gasteiger partial charge in [0.05, 0.1) is 0 Å². The highest BCUT2D eigenvalue weighted by Gasteiger charge is 2.23. The molecular formula is C14H28N2. The Bertz CT molecular complexity index is 199. The Labute approximate surface area is 101 Å². The van der Waals surface area contributed by atoms with E-state index in [2.05, 4.69) is 24.1 Å². The molecule has 1 N–H and O–H groups in total. The maximum atomic E-state index is 3.74. The van der Waals surface area contributed by atoms with Crippen molar-refractivity contribution in [2.75, 3.05) is 26.2 Å². The van der Waals surface area contributed by atoms with E-state index in [1.807, 2.05) is 0 Å². The monoisotopic (exact) mass is 224 g/mol. The molecule has 0 bridgehead atoms. The van der Waals surface area contributed by atoms with Crippen LogP contribution in [-0.4, -0.2) is 37.1 Å². The fraction of sp³-hybridized carbons (Fsp3) is 1.00. The highest BCUT2D eigenvalue weighted by atomic mass is 15.2. The highest BCUT2D eigenvalue weighted by molar-refractivity contribution is 4.78. The van der Waals surface area contributed by atoms with Gasteiger partial charge in [0.1, 0.15) is 0 Å². The van der Waals surface area contributed by atoms with E-state index < -0.39 is 0 Å². The molecule has 0 aromatic rings. The van der Waals surface area contributed by atoms with Crippen molar-refractivity contribution in [1.82, 2.24) is 10.2 Å². The smallest absolute Gasteiger partial charge is 0.0166 e. The number of hydrogen-bond acceptors (Lipinski definition) is 2. The predicted molar refractivity (Wildman–Crippen MR) is 69.6 cm³/mol. The Morgan fingerprint density at radius 2 is 1.94 bits per heavy atom. The Kier molecular flexibility index (Phi) is 4.66. The molecule has 1 heterocycles. The Balaban J connectivity index is 1.61. The van der Waals surface area contributed by atoms with Crippen molar-refractivity contribution in [2.45, 2.75) is 52.0 Å². The van der Waals surface area contributed by atoms with Gasteiger partial charge in [-0.3, -0.25) is 0 Å². The number of rotatable bonds is 5. The van der Waals surface area contributed by atoms with Crippen LogP contribution in [-0.2, 0) is 0 Å². The van der Waals surface area contributed by atoms with Gasteiger partial charge in [-0.05, 0) is 57.7 Å². The van der Waals surface area contributed by atoms with Crippen molar-refractivity contribution < 1.29 is 0 Å². The van der Waals surface area contributed by atoms with Crippen LogP contribution in [0.4, 0.5) is 0 Å². The van der Waals surface area contributed by atoms with E-state index in [4.69, 9.17) is 0 Å². The summed E-state index contributed by atoms with van der Waals surface area (Å²) in [4.78, 5) is 2.61. The van der Waals surface area contributed by atoms with Crippen molar-refractivity contribution in [2.24, 2.45) is 11.8 Å². The van der Waals surface area contributed by atoms with Crippen molar-refractivity contribution in [3.8, 4) is 0 Å². The van der Waals surface area contributed by atoms with Gasteiger partial charge in [0, 0.05) is 12.6 Å². The molecule has 3 unspecified atom stereocenters. The van der Waals surface area contributed by atoms with Crippen LogP contribution in [0.2, 0.25) is 0 Å². The average molecular weight is 224 g/mol. The van der Waals surface area contributed by atoms with Crippen LogP contribution < -0.4 is 5.32 Å². The normalized spacial score (nSPS) is 33.4. The molecule has 0 radical (unpaired) electrons. The molecule has 2 aliphatic rings. The summed E-state index contributed by atoms with van der Waals surface area (Å²) in [6.07, 6.45) is 7.17. The number of nitrogens with zero attached hydrogens (tertiary/aromatic N) is 1. The summed E-state index contributed by atoms with van der Waals surface area (Å²) in [5.74, 6) is 1.90. The van der Waals surface area contributed by atoms with Gasteiger partial charge in [0.25, 0.3) is 0 Å². The molecule has 2 heteroatoms.